The molecule has 0 saturated heterocycles. The second-order valence-corrected chi connectivity index (χ2v) is 8.62. The van der Waals surface area contributed by atoms with E-state index in [1.165, 1.54) is 25.7 Å². The summed E-state index contributed by atoms with van der Waals surface area (Å²) in [5.41, 5.74) is 3.58. The van der Waals surface area contributed by atoms with Crippen molar-refractivity contribution in [1.82, 2.24) is 4.98 Å². The highest BCUT2D eigenvalue weighted by atomic mass is 35.5. The van der Waals surface area contributed by atoms with Crippen LogP contribution in [0.3, 0.4) is 0 Å². The molecular formula is C22H26ClNO2S. The molecule has 0 spiro atoms. The molecular weight excluding hydrogens is 378 g/mol. The van der Waals surface area contributed by atoms with E-state index in [0.717, 1.165) is 33.9 Å². The number of allylic oxidation sites excluding steroid dienone is 1. The average Bonchev–Trinajstić information content (AvgIpc) is 3.17. The molecule has 144 valence electrons. The van der Waals surface area contributed by atoms with Gasteiger partial charge in [-0.25, -0.2) is 0 Å². The Labute approximate surface area is 169 Å². The van der Waals surface area contributed by atoms with Crippen LogP contribution in [-0.4, -0.2) is 22.5 Å². The predicted molar refractivity (Wildman–Crippen MR) is 115 cm³/mol. The lowest BCUT2D eigenvalue weighted by molar-refractivity contribution is 0.296. The number of hydrogen-bond donors (Lipinski definition) is 2. The van der Waals surface area contributed by atoms with E-state index in [1.54, 1.807) is 11.8 Å². The standard InChI is InChI=1S/C22H26ClNO2S/c1-15-7-9-20(24-22(15)26)18(13-16-5-2-3-6-16)17-8-10-21(19(23)14-17)27-12-4-11-25/h7-10,13-14,16,25H,2-6,11-12H2,1H3,(H,24,26)/b18-13-. The summed E-state index contributed by atoms with van der Waals surface area (Å²) >= 11 is 8.19. The van der Waals surface area contributed by atoms with Crippen molar-refractivity contribution in [1.29, 1.82) is 0 Å². The van der Waals surface area contributed by atoms with Crippen molar-refractivity contribution in [2.45, 2.75) is 43.9 Å². The van der Waals surface area contributed by atoms with Crippen LogP contribution in [-0.2, 0) is 0 Å². The van der Waals surface area contributed by atoms with Crippen molar-refractivity contribution in [3.63, 3.8) is 0 Å². The molecule has 0 aliphatic heterocycles. The molecule has 0 unspecified atom stereocenters. The molecule has 0 bridgehead atoms. The van der Waals surface area contributed by atoms with E-state index in [9.17, 15) is 4.79 Å². The second kappa shape index (κ2) is 9.63. The van der Waals surface area contributed by atoms with E-state index in [4.69, 9.17) is 16.7 Å². The Morgan fingerprint density at radius 2 is 2.07 bits per heavy atom. The van der Waals surface area contributed by atoms with Crippen molar-refractivity contribution >= 4 is 28.9 Å². The number of hydrogen-bond acceptors (Lipinski definition) is 3. The number of rotatable bonds is 7. The average molecular weight is 404 g/mol. The maximum atomic E-state index is 12.1. The lowest BCUT2D eigenvalue weighted by Crippen LogP contribution is -2.11. The molecule has 2 N–H and O–H groups in total. The molecule has 1 heterocycles. The molecule has 1 aliphatic rings. The lowest BCUT2D eigenvalue weighted by atomic mass is 9.96. The predicted octanol–water partition coefficient (Wildman–Crippen LogP) is 5.43. The quantitative estimate of drug-likeness (QED) is 0.478. The molecule has 27 heavy (non-hydrogen) atoms. The summed E-state index contributed by atoms with van der Waals surface area (Å²) < 4.78 is 0. The first-order valence-corrected chi connectivity index (χ1v) is 10.9. The van der Waals surface area contributed by atoms with E-state index in [-0.39, 0.29) is 12.2 Å². The van der Waals surface area contributed by atoms with E-state index < -0.39 is 0 Å². The van der Waals surface area contributed by atoms with E-state index >= 15 is 0 Å². The number of aromatic amines is 1. The second-order valence-electron chi connectivity index (χ2n) is 7.08. The molecule has 1 aromatic heterocycles. The molecule has 3 nitrogen and oxygen atoms in total. The van der Waals surface area contributed by atoms with Crippen LogP contribution in [0.2, 0.25) is 5.02 Å². The fourth-order valence-electron chi connectivity index (χ4n) is 3.44. The van der Waals surface area contributed by atoms with E-state index in [0.29, 0.717) is 16.5 Å². The number of aryl methyl sites for hydroxylation is 1. The van der Waals surface area contributed by atoms with Crippen molar-refractivity contribution < 1.29 is 5.11 Å². The molecule has 1 fully saturated rings. The van der Waals surface area contributed by atoms with Gasteiger partial charge in [-0.2, -0.15) is 0 Å². The fraction of sp³-hybridized carbons (Fsp3) is 0.409. The highest BCUT2D eigenvalue weighted by Crippen LogP contribution is 2.35. The first-order valence-electron chi connectivity index (χ1n) is 9.54. The minimum atomic E-state index is -0.0490. The van der Waals surface area contributed by atoms with Crippen LogP contribution < -0.4 is 5.56 Å². The molecule has 0 radical (unpaired) electrons. The van der Waals surface area contributed by atoms with Crippen molar-refractivity contribution in [3.8, 4) is 0 Å². The van der Waals surface area contributed by atoms with Gasteiger partial charge in [0, 0.05) is 34.1 Å². The number of H-pyrrole nitrogens is 1. The SMILES string of the molecule is Cc1ccc(/C(=C\C2CCCC2)c2ccc(SCCCO)c(Cl)c2)[nH]c1=O. The number of aliphatic hydroxyl groups is 1. The zero-order valence-corrected chi connectivity index (χ0v) is 17.2. The third-order valence-electron chi connectivity index (χ3n) is 5.00. The molecule has 1 aromatic carbocycles. The summed E-state index contributed by atoms with van der Waals surface area (Å²) in [7, 11) is 0. The molecule has 5 heteroatoms. The maximum Gasteiger partial charge on any atom is 0.251 e. The van der Waals surface area contributed by atoms with Crippen LogP contribution in [0.1, 0.15) is 48.9 Å². The van der Waals surface area contributed by atoms with Crippen LogP contribution in [0.15, 0.2) is 46.1 Å². The number of pyridine rings is 1. The molecule has 0 amide bonds. The Morgan fingerprint density at radius 1 is 1.30 bits per heavy atom. The monoisotopic (exact) mass is 403 g/mol. The number of aromatic nitrogens is 1. The Bertz CT molecular complexity index is 869. The van der Waals surface area contributed by atoms with Crippen LogP contribution in [0.25, 0.3) is 5.57 Å². The van der Waals surface area contributed by atoms with Crippen LogP contribution in [0.5, 0.6) is 0 Å². The number of benzene rings is 1. The van der Waals surface area contributed by atoms with Gasteiger partial charge in [-0.15, -0.1) is 11.8 Å². The molecule has 3 rings (SSSR count). The molecule has 1 aliphatic carbocycles. The zero-order valence-electron chi connectivity index (χ0n) is 15.6. The van der Waals surface area contributed by atoms with Crippen molar-refractivity contribution in [3.05, 3.63) is 68.6 Å². The van der Waals surface area contributed by atoms with Gasteiger partial charge in [0.15, 0.2) is 0 Å². The van der Waals surface area contributed by atoms with Crippen molar-refractivity contribution in [2.75, 3.05) is 12.4 Å². The van der Waals surface area contributed by atoms with Gasteiger partial charge in [-0.05, 0) is 55.9 Å². The number of nitrogens with one attached hydrogen (secondary N) is 1. The van der Waals surface area contributed by atoms with Crippen LogP contribution >= 0.6 is 23.4 Å². The van der Waals surface area contributed by atoms with Gasteiger partial charge in [0.1, 0.15) is 0 Å². The van der Waals surface area contributed by atoms with Crippen LogP contribution in [0.4, 0.5) is 0 Å². The van der Waals surface area contributed by atoms with E-state index in [2.05, 4.69) is 17.1 Å². The van der Waals surface area contributed by atoms with Gasteiger partial charge in [0.25, 0.3) is 5.56 Å². The van der Waals surface area contributed by atoms with Gasteiger partial charge in [-0.3, -0.25) is 4.79 Å². The van der Waals surface area contributed by atoms with Crippen LogP contribution in [0, 0.1) is 12.8 Å². The number of halogens is 1. The normalized spacial score (nSPS) is 15.4. The fourth-order valence-corrected chi connectivity index (χ4v) is 4.64. The number of aliphatic hydroxyl groups excluding tert-OH is 1. The van der Waals surface area contributed by atoms with E-state index in [1.807, 2.05) is 31.2 Å². The summed E-state index contributed by atoms with van der Waals surface area (Å²) in [6, 6.07) is 9.95. The summed E-state index contributed by atoms with van der Waals surface area (Å²) in [4.78, 5) is 16.2. The Balaban J connectivity index is 1.96. The molecule has 1 saturated carbocycles. The molecule has 2 aromatic rings. The first kappa shape index (κ1) is 20.2. The Kier molecular flexibility index (Phi) is 7.22. The van der Waals surface area contributed by atoms with Gasteiger partial charge >= 0.3 is 0 Å². The highest BCUT2D eigenvalue weighted by molar-refractivity contribution is 7.99. The first-order chi connectivity index (χ1) is 13.1. The number of thioether (sulfide) groups is 1. The summed E-state index contributed by atoms with van der Waals surface area (Å²) in [6.45, 7) is 2.01. The molecule has 0 atom stereocenters. The Morgan fingerprint density at radius 3 is 2.74 bits per heavy atom. The van der Waals surface area contributed by atoms with Gasteiger partial charge in [0.05, 0.1) is 5.02 Å². The summed E-state index contributed by atoms with van der Waals surface area (Å²) in [6.07, 6.45) is 7.98. The van der Waals surface area contributed by atoms with Gasteiger partial charge in [-0.1, -0.05) is 42.7 Å². The minimum absolute atomic E-state index is 0.0490. The third kappa shape index (κ3) is 5.28. The maximum absolute atomic E-state index is 12.1. The topological polar surface area (TPSA) is 53.1 Å². The Hall–Kier alpha value is -1.49. The summed E-state index contributed by atoms with van der Waals surface area (Å²) in [5.74, 6) is 1.38. The minimum Gasteiger partial charge on any atom is -0.396 e. The smallest absolute Gasteiger partial charge is 0.251 e. The third-order valence-corrected chi connectivity index (χ3v) is 6.59. The lowest BCUT2D eigenvalue weighted by Gasteiger charge is -2.14. The zero-order chi connectivity index (χ0) is 19.2. The summed E-state index contributed by atoms with van der Waals surface area (Å²) in [5, 5.41) is 9.66. The van der Waals surface area contributed by atoms with Crippen molar-refractivity contribution in [2.24, 2.45) is 5.92 Å². The largest absolute Gasteiger partial charge is 0.396 e. The van der Waals surface area contributed by atoms with Gasteiger partial charge < -0.3 is 10.1 Å². The highest BCUT2D eigenvalue weighted by Gasteiger charge is 2.16. The van der Waals surface area contributed by atoms with Gasteiger partial charge in [0.2, 0.25) is 0 Å².